The Bertz CT molecular complexity index is 647. The fourth-order valence-electron chi connectivity index (χ4n) is 1.89. The van der Waals surface area contributed by atoms with Crippen molar-refractivity contribution in [2.45, 2.75) is 27.3 Å². The van der Waals surface area contributed by atoms with Gasteiger partial charge in [-0.05, 0) is 20.8 Å². The van der Waals surface area contributed by atoms with Crippen LogP contribution in [0, 0.1) is 13.8 Å². The van der Waals surface area contributed by atoms with Crippen LogP contribution in [0.15, 0.2) is 0 Å². The number of esters is 1. The molecule has 0 N–H and O–H groups in total. The summed E-state index contributed by atoms with van der Waals surface area (Å²) in [5, 5.41) is 12.7. The van der Waals surface area contributed by atoms with E-state index in [4.69, 9.17) is 16.3 Å². The molecule has 2 aromatic heterocycles. The monoisotopic (exact) mass is 297 g/mol. The molecule has 8 heteroatoms. The minimum absolute atomic E-state index is 0.224. The van der Waals surface area contributed by atoms with E-state index < -0.39 is 5.97 Å². The minimum atomic E-state index is -0.469. The highest BCUT2D eigenvalue weighted by atomic mass is 35.5. The lowest BCUT2D eigenvalue weighted by atomic mass is 10.3. The summed E-state index contributed by atoms with van der Waals surface area (Å²) < 4.78 is 8.23. The molecule has 0 radical (unpaired) electrons. The minimum Gasteiger partial charge on any atom is -0.461 e. The standard InChI is InChI=1S/C12H16ClN5O2/c1-5-20-12(19)11-8(3)18(16-14-11)6-9-10(13)7(2)15-17(9)4/h5-6H2,1-4H3. The number of hydrogen-bond acceptors (Lipinski definition) is 5. The number of ether oxygens (including phenoxy) is 1. The number of halogens is 1. The number of aromatic nitrogens is 5. The maximum absolute atomic E-state index is 11.7. The summed E-state index contributed by atoms with van der Waals surface area (Å²) in [4.78, 5) is 11.7. The second-order valence-corrected chi connectivity index (χ2v) is 4.75. The van der Waals surface area contributed by atoms with Crippen LogP contribution in [0.5, 0.6) is 0 Å². The SMILES string of the molecule is CCOC(=O)c1nnn(Cc2c(Cl)c(C)nn2C)c1C. The quantitative estimate of drug-likeness (QED) is 0.800. The van der Waals surface area contributed by atoms with Crippen molar-refractivity contribution in [2.24, 2.45) is 7.05 Å². The molecule has 0 saturated heterocycles. The topological polar surface area (TPSA) is 74.8 Å². The Kier molecular flexibility index (Phi) is 4.08. The van der Waals surface area contributed by atoms with Gasteiger partial charge in [0.15, 0.2) is 5.69 Å². The highest BCUT2D eigenvalue weighted by molar-refractivity contribution is 6.31. The van der Waals surface area contributed by atoms with Crippen molar-refractivity contribution in [1.82, 2.24) is 24.8 Å². The fourth-order valence-corrected chi connectivity index (χ4v) is 2.11. The number of carbonyl (C=O) groups is 1. The van der Waals surface area contributed by atoms with Crippen LogP contribution in [0.2, 0.25) is 5.02 Å². The summed E-state index contributed by atoms with van der Waals surface area (Å²) in [6.07, 6.45) is 0. The third kappa shape index (κ3) is 2.53. The molecule has 0 aromatic carbocycles. The van der Waals surface area contributed by atoms with E-state index in [-0.39, 0.29) is 5.69 Å². The molecule has 0 atom stereocenters. The Morgan fingerprint density at radius 1 is 1.40 bits per heavy atom. The zero-order valence-electron chi connectivity index (χ0n) is 11.8. The largest absolute Gasteiger partial charge is 0.461 e. The lowest BCUT2D eigenvalue weighted by molar-refractivity contribution is 0.0518. The van der Waals surface area contributed by atoms with Gasteiger partial charge < -0.3 is 4.74 Å². The van der Waals surface area contributed by atoms with Crippen molar-refractivity contribution in [1.29, 1.82) is 0 Å². The molecule has 20 heavy (non-hydrogen) atoms. The van der Waals surface area contributed by atoms with Crippen LogP contribution in [0.3, 0.4) is 0 Å². The van der Waals surface area contributed by atoms with Gasteiger partial charge in [0.2, 0.25) is 0 Å². The average molecular weight is 298 g/mol. The molecule has 0 aliphatic heterocycles. The predicted molar refractivity (Wildman–Crippen MR) is 72.8 cm³/mol. The predicted octanol–water partition coefficient (Wildman–Crippen LogP) is 1.51. The van der Waals surface area contributed by atoms with E-state index in [9.17, 15) is 4.79 Å². The van der Waals surface area contributed by atoms with Crippen LogP contribution in [0.4, 0.5) is 0 Å². The Morgan fingerprint density at radius 3 is 2.65 bits per heavy atom. The fraction of sp³-hybridized carbons (Fsp3) is 0.500. The summed E-state index contributed by atoms with van der Waals surface area (Å²) in [5.74, 6) is -0.469. The van der Waals surface area contributed by atoms with E-state index in [2.05, 4.69) is 15.4 Å². The lowest BCUT2D eigenvalue weighted by Gasteiger charge is -2.05. The van der Waals surface area contributed by atoms with E-state index in [0.29, 0.717) is 23.9 Å². The lowest BCUT2D eigenvalue weighted by Crippen LogP contribution is -2.11. The van der Waals surface area contributed by atoms with Gasteiger partial charge in [-0.3, -0.25) is 4.68 Å². The van der Waals surface area contributed by atoms with Gasteiger partial charge in [-0.1, -0.05) is 16.8 Å². The second-order valence-electron chi connectivity index (χ2n) is 4.37. The van der Waals surface area contributed by atoms with E-state index in [1.807, 2.05) is 14.0 Å². The normalized spacial score (nSPS) is 10.8. The Labute approximate surface area is 121 Å². The van der Waals surface area contributed by atoms with Gasteiger partial charge >= 0.3 is 5.97 Å². The van der Waals surface area contributed by atoms with Crippen LogP contribution >= 0.6 is 11.6 Å². The zero-order chi connectivity index (χ0) is 14.9. The van der Waals surface area contributed by atoms with Gasteiger partial charge in [0, 0.05) is 7.05 Å². The molecular weight excluding hydrogens is 282 g/mol. The molecule has 0 spiro atoms. The van der Waals surface area contributed by atoms with Crippen LogP contribution in [0.25, 0.3) is 0 Å². The first kappa shape index (κ1) is 14.5. The molecule has 7 nitrogen and oxygen atoms in total. The summed E-state index contributed by atoms with van der Waals surface area (Å²) in [5.41, 5.74) is 2.43. The molecule has 0 unspecified atom stereocenters. The van der Waals surface area contributed by atoms with Gasteiger partial charge in [0.1, 0.15) is 0 Å². The van der Waals surface area contributed by atoms with Gasteiger partial charge in [-0.15, -0.1) is 5.10 Å². The molecule has 108 valence electrons. The van der Waals surface area contributed by atoms with Crippen molar-refractivity contribution in [3.63, 3.8) is 0 Å². The van der Waals surface area contributed by atoms with Crippen molar-refractivity contribution < 1.29 is 9.53 Å². The van der Waals surface area contributed by atoms with Gasteiger partial charge in [0.05, 0.1) is 35.3 Å². The molecule has 2 heterocycles. The summed E-state index contributed by atoms with van der Waals surface area (Å²) in [6.45, 7) is 6.05. The van der Waals surface area contributed by atoms with Crippen molar-refractivity contribution in [3.8, 4) is 0 Å². The molecule has 0 aliphatic rings. The van der Waals surface area contributed by atoms with Crippen molar-refractivity contribution in [3.05, 3.63) is 27.8 Å². The maximum Gasteiger partial charge on any atom is 0.360 e. The smallest absolute Gasteiger partial charge is 0.360 e. The molecule has 2 rings (SSSR count). The van der Waals surface area contributed by atoms with Gasteiger partial charge in [0.25, 0.3) is 0 Å². The van der Waals surface area contributed by atoms with Crippen LogP contribution in [0.1, 0.15) is 34.5 Å². The van der Waals surface area contributed by atoms with E-state index in [0.717, 1.165) is 11.4 Å². The molecular formula is C12H16ClN5O2. The molecule has 0 fully saturated rings. The molecule has 0 saturated carbocycles. The average Bonchev–Trinajstić information content (AvgIpc) is 2.86. The van der Waals surface area contributed by atoms with Crippen molar-refractivity contribution in [2.75, 3.05) is 6.61 Å². The molecule has 0 aliphatic carbocycles. The van der Waals surface area contributed by atoms with Gasteiger partial charge in [-0.25, -0.2) is 9.48 Å². The second kappa shape index (κ2) is 5.62. The Balaban J connectivity index is 2.29. The third-order valence-electron chi connectivity index (χ3n) is 3.01. The van der Waals surface area contributed by atoms with E-state index in [1.165, 1.54) is 0 Å². The van der Waals surface area contributed by atoms with Crippen molar-refractivity contribution >= 4 is 17.6 Å². The highest BCUT2D eigenvalue weighted by Gasteiger charge is 2.19. The summed E-state index contributed by atoms with van der Waals surface area (Å²) in [6, 6.07) is 0. The summed E-state index contributed by atoms with van der Waals surface area (Å²) >= 11 is 6.20. The first-order valence-corrected chi connectivity index (χ1v) is 6.58. The number of hydrogen-bond donors (Lipinski definition) is 0. The zero-order valence-corrected chi connectivity index (χ0v) is 12.6. The Morgan fingerprint density at radius 2 is 2.10 bits per heavy atom. The van der Waals surface area contributed by atoms with E-state index >= 15 is 0 Å². The van der Waals surface area contributed by atoms with Crippen LogP contribution < -0.4 is 0 Å². The number of rotatable bonds is 4. The number of nitrogens with zero attached hydrogens (tertiary/aromatic N) is 5. The molecule has 0 bridgehead atoms. The first-order chi connectivity index (χ1) is 9.45. The number of carbonyl (C=O) groups excluding carboxylic acids is 1. The summed E-state index contributed by atoms with van der Waals surface area (Å²) in [7, 11) is 1.81. The number of aryl methyl sites for hydroxylation is 2. The molecule has 0 amide bonds. The molecule has 2 aromatic rings. The highest BCUT2D eigenvalue weighted by Crippen LogP contribution is 2.20. The van der Waals surface area contributed by atoms with Crippen LogP contribution in [-0.2, 0) is 18.3 Å². The Hall–Kier alpha value is -1.89. The maximum atomic E-state index is 11.7. The van der Waals surface area contributed by atoms with E-state index in [1.54, 1.807) is 23.2 Å². The van der Waals surface area contributed by atoms with Crippen LogP contribution in [-0.4, -0.2) is 37.4 Å². The van der Waals surface area contributed by atoms with Gasteiger partial charge in [-0.2, -0.15) is 5.10 Å². The first-order valence-electron chi connectivity index (χ1n) is 6.20. The third-order valence-corrected chi connectivity index (χ3v) is 3.50.